The summed E-state index contributed by atoms with van der Waals surface area (Å²) in [5.41, 5.74) is 3.58. The highest BCUT2D eigenvalue weighted by atomic mass is 16.5. The van der Waals surface area contributed by atoms with Crippen LogP contribution >= 0.6 is 0 Å². The molecule has 0 aliphatic carbocycles. The molecule has 20 heavy (non-hydrogen) atoms. The first kappa shape index (κ1) is 14.1. The van der Waals surface area contributed by atoms with Crippen molar-refractivity contribution in [2.24, 2.45) is 0 Å². The van der Waals surface area contributed by atoms with E-state index in [-0.39, 0.29) is 5.91 Å². The van der Waals surface area contributed by atoms with E-state index in [4.69, 9.17) is 4.74 Å². The van der Waals surface area contributed by atoms with Crippen LogP contribution in [-0.4, -0.2) is 12.5 Å². The third kappa shape index (κ3) is 3.18. The Morgan fingerprint density at radius 3 is 2.40 bits per heavy atom. The highest BCUT2D eigenvalue weighted by Gasteiger charge is 2.10. The number of rotatable bonds is 4. The van der Waals surface area contributed by atoms with E-state index in [2.05, 4.69) is 5.32 Å². The normalized spacial score (nSPS) is 10.2. The maximum absolute atomic E-state index is 12.3. The molecule has 0 aliphatic heterocycles. The van der Waals surface area contributed by atoms with E-state index in [9.17, 15) is 4.79 Å². The lowest BCUT2D eigenvalue weighted by Crippen LogP contribution is -2.13. The van der Waals surface area contributed by atoms with Crippen molar-refractivity contribution in [1.29, 1.82) is 0 Å². The van der Waals surface area contributed by atoms with Crippen LogP contribution in [0.4, 0.5) is 5.69 Å². The highest BCUT2D eigenvalue weighted by molar-refractivity contribution is 6.05. The summed E-state index contributed by atoms with van der Waals surface area (Å²) in [6.07, 6.45) is 0. The Kier molecular flexibility index (Phi) is 4.41. The molecule has 0 spiro atoms. The first-order chi connectivity index (χ1) is 9.61. The number of nitrogens with one attached hydrogen (secondary N) is 1. The summed E-state index contributed by atoms with van der Waals surface area (Å²) in [4.78, 5) is 12.3. The molecular formula is C17H19NO2. The lowest BCUT2D eigenvalue weighted by Gasteiger charge is -2.12. The molecule has 0 unspecified atom stereocenters. The fourth-order valence-electron chi connectivity index (χ4n) is 2.09. The number of carbonyl (C=O) groups is 1. The molecule has 0 aromatic heterocycles. The minimum atomic E-state index is -0.121. The van der Waals surface area contributed by atoms with Gasteiger partial charge in [-0.05, 0) is 50.1 Å². The van der Waals surface area contributed by atoms with Gasteiger partial charge < -0.3 is 10.1 Å². The maximum atomic E-state index is 12.3. The van der Waals surface area contributed by atoms with Gasteiger partial charge in [-0.15, -0.1) is 0 Å². The molecule has 1 N–H and O–H groups in total. The molecular weight excluding hydrogens is 250 g/mol. The SMILES string of the molecule is CCOc1cccc(C(=O)Nc2c(C)cccc2C)c1. The Morgan fingerprint density at radius 1 is 1.10 bits per heavy atom. The van der Waals surface area contributed by atoms with Crippen molar-refractivity contribution in [2.75, 3.05) is 11.9 Å². The number of para-hydroxylation sites is 1. The first-order valence-corrected chi connectivity index (χ1v) is 6.72. The van der Waals surface area contributed by atoms with Crippen molar-refractivity contribution in [1.82, 2.24) is 0 Å². The summed E-state index contributed by atoms with van der Waals surface area (Å²) in [7, 11) is 0. The quantitative estimate of drug-likeness (QED) is 0.912. The van der Waals surface area contributed by atoms with Crippen molar-refractivity contribution in [3.05, 3.63) is 59.2 Å². The summed E-state index contributed by atoms with van der Waals surface area (Å²) in [5.74, 6) is 0.589. The lowest BCUT2D eigenvalue weighted by atomic mass is 10.1. The molecule has 0 radical (unpaired) electrons. The molecule has 0 aliphatic rings. The largest absolute Gasteiger partial charge is 0.494 e. The predicted molar refractivity (Wildman–Crippen MR) is 81.5 cm³/mol. The Bertz CT molecular complexity index is 600. The van der Waals surface area contributed by atoms with E-state index in [0.29, 0.717) is 17.9 Å². The van der Waals surface area contributed by atoms with Gasteiger partial charge in [0.15, 0.2) is 0 Å². The molecule has 3 heteroatoms. The fraction of sp³-hybridized carbons (Fsp3) is 0.235. The van der Waals surface area contributed by atoms with Crippen molar-refractivity contribution in [3.63, 3.8) is 0 Å². The molecule has 2 rings (SSSR count). The van der Waals surface area contributed by atoms with Crippen LogP contribution in [0.3, 0.4) is 0 Å². The van der Waals surface area contributed by atoms with Gasteiger partial charge >= 0.3 is 0 Å². The molecule has 2 aromatic rings. The lowest BCUT2D eigenvalue weighted by molar-refractivity contribution is 0.102. The van der Waals surface area contributed by atoms with Crippen LogP contribution in [0, 0.1) is 13.8 Å². The van der Waals surface area contributed by atoms with Crippen molar-refractivity contribution in [2.45, 2.75) is 20.8 Å². The molecule has 0 bridgehead atoms. The summed E-state index contributed by atoms with van der Waals surface area (Å²) in [6, 6.07) is 13.2. The molecule has 104 valence electrons. The van der Waals surface area contributed by atoms with Gasteiger partial charge in [-0.3, -0.25) is 4.79 Å². The Balaban J connectivity index is 2.22. The highest BCUT2D eigenvalue weighted by Crippen LogP contribution is 2.21. The first-order valence-electron chi connectivity index (χ1n) is 6.72. The number of aryl methyl sites for hydroxylation is 2. The summed E-state index contributed by atoms with van der Waals surface area (Å²) < 4.78 is 5.41. The van der Waals surface area contributed by atoms with Gasteiger partial charge in [0.05, 0.1) is 6.61 Å². The second-order valence-electron chi connectivity index (χ2n) is 4.68. The minimum Gasteiger partial charge on any atom is -0.494 e. The summed E-state index contributed by atoms with van der Waals surface area (Å²) >= 11 is 0. The Morgan fingerprint density at radius 2 is 1.75 bits per heavy atom. The monoisotopic (exact) mass is 269 g/mol. The van der Waals surface area contributed by atoms with E-state index < -0.39 is 0 Å². The van der Waals surface area contributed by atoms with Crippen LogP contribution in [-0.2, 0) is 0 Å². The molecule has 2 aromatic carbocycles. The second-order valence-corrected chi connectivity index (χ2v) is 4.68. The van der Waals surface area contributed by atoms with Gasteiger partial charge in [0.1, 0.15) is 5.75 Å². The number of amides is 1. The third-order valence-electron chi connectivity index (χ3n) is 3.13. The molecule has 0 heterocycles. The van der Waals surface area contributed by atoms with Crippen LogP contribution in [0.5, 0.6) is 5.75 Å². The van der Waals surface area contributed by atoms with Crippen LogP contribution < -0.4 is 10.1 Å². The standard InChI is InChI=1S/C17H19NO2/c1-4-20-15-10-6-9-14(11-15)17(19)18-16-12(2)7-5-8-13(16)3/h5-11H,4H2,1-3H3,(H,18,19). The molecule has 1 amide bonds. The smallest absolute Gasteiger partial charge is 0.255 e. The van der Waals surface area contributed by atoms with Crippen LogP contribution in [0.2, 0.25) is 0 Å². The van der Waals surface area contributed by atoms with Crippen molar-refractivity contribution >= 4 is 11.6 Å². The van der Waals surface area contributed by atoms with Gasteiger partial charge in [-0.1, -0.05) is 24.3 Å². The summed E-state index contributed by atoms with van der Waals surface area (Å²) in [5, 5.41) is 2.97. The number of hydrogen-bond acceptors (Lipinski definition) is 2. The topological polar surface area (TPSA) is 38.3 Å². The second kappa shape index (κ2) is 6.24. The van der Waals surface area contributed by atoms with Crippen molar-refractivity contribution in [3.8, 4) is 5.75 Å². The zero-order chi connectivity index (χ0) is 14.5. The van der Waals surface area contributed by atoms with Crippen LogP contribution in [0.1, 0.15) is 28.4 Å². The Labute approximate surface area is 119 Å². The maximum Gasteiger partial charge on any atom is 0.255 e. The predicted octanol–water partition coefficient (Wildman–Crippen LogP) is 3.95. The van der Waals surface area contributed by atoms with Gasteiger partial charge in [-0.25, -0.2) is 0 Å². The zero-order valence-corrected chi connectivity index (χ0v) is 12.1. The number of hydrogen-bond donors (Lipinski definition) is 1. The molecule has 0 saturated carbocycles. The number of ether oxygens (including phenoxy) is 1. The van der Waals surface area contributed by atoms with Gasteiger partial charge in [0.2, 0.25) is 0 Å². The molecule has 0 atom stereocenters. The van der Waals surface area contributed by atoms with Crippen LogP contribution in [0.15, 0.2) is 42.5 Å². The van der Waals surface area contributed by atoms with E-state index >= 15 is 0 Å². The van der Waals surface area contributed by atoms with E-state index in [1.807, 2.05) is 51.1 Å². The molecule has 0 saturated heterocycles. The van der Waals surface area contributed by atoms with E-state index in [1.165, 1.54) is 0 Å². The van der Waals surface area contributed by atoms with Crippen LogP contribution in [0.25, 0.3) is 0 Å². The average Bonchev–Trinajstić information content (AvgIpc) is 2.43. The van der Waals surface area contributed by atoms with E-state index in [1.54, 1.807) is 12.1 Å². The zero-order valence-electron chi connectivity index (χ0n) is 12.1. The minimum absolute atomic E-state index is 0.121. The third-order valence-corrected chi connectivity index (χ3v) is 3.13. The molecule has 0 fully saturated rings. The number of benzene rings is 2. The number of anilines is 1. The Hall–Kier alpha value is -2.29. The van der Waals surface area contributed by atoms with E-state index in [0.717, 1.165) is 16.8 Å². The molecule has 3 nitrogen and oxygen atoms in total. The summed E-state index contributed by atoms with van der Waals surface area (Å²) in [6.45, 7) is 6.48. The van der Waals surface area contributed by atoms with Crippen molar-refractivity contribution < 1.29 is 9.53 Å². The average molecular weight is 269 g/mol. The fourth-order valence-corrected chi connectivity index (χ4v) is 2.09. The van der Waals surface area contributed by atoms with Gasteiger partial charge in [0, 0.05) is 11.3 Å². The van der Waals surface area contributed by atoms with Gasteiger partial charge in [-0.2, -0.15) is 0 Å². The van der Waals surface area contributed by atoms with Gasteiger partial charge in [0.25, 0.3) is 5.91 Å². The number of carbonyl (C=O) groups excluding carboxylic acids is 1.